The average molecular weight is 211 g/mol. The molecule has 0 spiro atoms. The Labute approximate surface area is 89.0 Å². The van der Waals surface area contributed by atoms with Gasteiger partial charge in [-0.1, -0.05) is 6.42 Å². The van der Waals surface area contributed by atoms with Crippen molar-refractivity contribution in [3.8, 4) is 0 Å². The van der Waals surface area contributed by atoms with Crippen molar-refractivity contribution in [1.29, 1.82) is 0 Å². The average Bonchev–Trinajstić information content (AvgIpc) is 2.63. The zero-order chi connectivity index (χ0) is 10.8. The van der Waals surface area contributed by atoms with Crippen molar-refractivity contribution in [2.24, 2.45) is 11.7 Å². The van der Waals surface area contributed by atoms with E-state index in [4.69, 9.17) is 5.73 Å². The third kappa shape index (κ3) is 2.12. The predicted molar refractivity (Wildman–Crippen MR) is 54.9 cm³/mol. The molecular formula is C10H17N3O2. The lowest BCUT2D eigenvalue weighted by molar-refractivity contribution is -0.141. The second-order valence-corrected chi connectivity index (χ2v) is 4.31. The Morgan fingerprint density at radius 1 is 1.47 bits per heavy atom. The molecule has 5 nitrogen and oxygen atoms in total. The fourth-order valence-electron chi connectivity index (χ4n) is 2.36. The quantitative estimate of drug-likeness (QED) is 0.588. The van der Waals surface area contributed by atoms with Gasteiger partial charge in [0.25, 0.3) is 0 Å². The van der Waals surface area contributed by atoms with Crippen LogP contribution in [0.25, 0.3) is 0 Å². The van der Waals surface area contributed by atoms with Gasteiger partial charge in [0.1, 0.15) is 0 Å². The van der Waals surface area contributed by atoms with Crippen molar-refractivity contribution in [3.63, 3.8) is 0 Å². The number of nitrogens with two attached hydrogens (primary N) is 1. The minimum absolute atomic E-state index is 0.0116. The molecule has 5 heteroatoms. The van der Waals surface area contributed by atoms with Crippen LogP contribution >= 0.6 is 0 Å². The normalized spacial score (nSPS) is 31.5. The summed E-state index contributed by atoms with van der Waals surface area (Å²) < 4.78 is 0. The van der Waals surface area contributed by atoms with Crippen molar-refractivity contribution < 1.29 is 9.59 Å². The summed E-state index contributed by atoms with van der Waals surface area (Å²) in [6.45, 7) is 1.38. The van der Waals surface area contributed by atoms with E-state index in [-0.39, 0.29) is 30.3 Å². The zero-order valence-corrected chi connectivity index (χ0v) is 8.74. The lowest BCUT2D eigenvalue weighted by Gasteiger charge is -2.30. The number of carbonyl (C=O) groups is 2. The number of piperazine rings is 1. The molecule has 1 saturated carbocycles. The summed E-state index contributed by atoms with van der Waals surface area (Å²) in [5.74, 6) is -0.0630. The third-order valence-electron chi connectivity index (χ3n) is 3.24. The SMILES string of the molecule is NC1CCCC1C(=O)N1CCNC(=O)C1. The maximum Gasteiger partial charge on any atom is 0.239 e. The molecule has 1 saturated heterocycles. The van der Waals surface area contributed by atoms with Crippen LogP contribution in [0.1, 0.15) is 19.3 Å². The molecule has 2 rings (SSSR count). The first-order valence-electron chi connectivity index (χ1n) is 5.49. The Morgan fingerprint density at radius 3 is 2.87 bits per heavy atom. The van der Waals surface area contributed by atoms with Gasteiger partial charge in [-0.2, -0.15) is 0 Å². The standard InChI is InChI=1S/C10H17N3O2/c11-8-3-1-2-7(8)10(15)13-5-4-12-9(14)6-13/h7-8H,1-6,11H2,(H,12,14). The molecule has 0 aromatic rings. The topological polar surface area (TPSA) is 75.4 Å². The van der Waals surface area contributed by atoms with Gasteiger partial charge in [0.2, 0.25) is 11.8 Å². The summed E-state index contributed by atoms with van der Waals surface area (Å²) in [5.41, 5.74) is 5.87. The van der Waals surface area contributed by atoms with E-state index < -0.39 is 0 Å². The molecule has 3 N–H and O–H groups in total. The van der Waals surface area contributed by atoms with E-state index in [1.54, 1.807) is 4.90 Å². The third-order valence-corrected chi connectivity index (χ3v) is 3.24. The molecule has 1 aliphatic carbocycles. The van der Waals surface area contributed by atoms with E-state index in [0.29, 0.717) is 13.1 Å². The predicted octanol–water partition coefficient (Wildman–Crippen LogP) is -0.928. The Balaban J connectivity index is 1.97. The van der Waals surface area contributed by atoms with Gasteiger partial charge >= 0.3 is 0 Å². The smallest absolute Gasteiger partial charge is 0.239 e. The highest BCUT2D eigenvalue weighted by Gasteiger charge is 2.34. The molecule has 84 valence electrons. The fourth-order valence-corrected chi connectivity index (χ4v) is 2.36. The first kappa shape index (κ1) is 10.4. The van der Waals surface area contributed by atoms with E-state index in [1.165, 1.54) is 0 Å². The number of amides is 2. The van der Waals surface area contributed by atoms with Gasteiger partial charge in [0, 0.05) is 19.1 Å². The van der Waals surface area contributed by atoms with Crippen LogP contribution in [0.3, 0.4) is 0 Å². The first-order chi connectivity index (χ1) is 7.18. The molecule has 1 heterocycles. The Kier molecular flexibility index (Phi) is 2.90. The van der Waals surface area contributed by atoms with Gasteiger partial charge < -0.3 is 16.0 Å². The fraction of sp³-hybridized carbons (Fsp3) is 0.800. The Hall–Kier alpha value is -1.10. The monoisotopic (exact) mass is 211 g/mol. The number of hydrogen-bond donors (Lipinski definition) is 2. The van der Waals surface area contributed by atoms with E-state index >= 15 is 0 Å². The lowest BCUT2D eigenvalue weighted by Crippen LogP contribution is -2.53. The van der Waals surface area contributed by atoms with Crippen LogP contribution in [-0.2, 0) is 9.59 Å². The van der Waals surface area contributed by atoms with Crippen molar-refractivity contribution in [3.05, 3.63) is 0 Å². The maximum absolute atomic E-state index is 12.0. The molecule has 0 radical (unpaired) electrons. The molecule has 0 bridgehead atoms. The number of nitrogens with one attached hydrogen (secondary N) is 1. The summed E-state index contributed by atoms with van der Waals surface area (Å²) in [7, 11) is 0. The molecule has 2 aliphatic rings. The van der Waals surface area contributed by atoms with Crippen molar-refractivity contribution in [2.75, 3.05) is 19.6 Å². The van der Waals surface area contributed by atoms with Crippen molar-refractivity contribution >= 4 is 11.8 Å². The van der Waals surface area contributed by atoms with Gasteiger partial charge in [0.05, 0.1) is 12.5 Å². The van der Waals surface area contributed by atoms with Gasteiger partial charge in [0.15, 0.2) is 0 Å². The van der Waals surface area contributed by atoms with Gasteiger partial charge in [-0.25, -0.2) is 0 Å². The van der Waals surface area contributed by atoms with E-state index in [2.05, 4.69) is 5.32 Å². The zero-order valence-electron chi connectivity index (χ0n) is 8.74. The molecule has 2 atom stereocenters. The maximum atomic E-state index is 12.0. The molecule has 15 heavy (non-hydrogen) atoms. The van der Waals surface area contributed by atoms with Crippen LogP contribution < -0.4 is 11.1 Å². The van der Waals surface area contributed by atoms with E-state index in [9.17, 15) is 9.59 Å². The molecule has 2 unspecified atom stereocenters. The minimum atomic E-state index is -0.0684. The van der Waals surface area contributed by atoms with Gasteiger partial charge in [-0.05, 0) is 12.8 Å². The van der Waals surface area contributed by atoms with Crippen LogP contribution in [0.5, 0.6) is 0 Å². The number of nitrogens with zero attached hydrogens (tertiary/aromatic N) is 1. The van der Waals surface area contributed by atoms with Crippen LogP contribution in [0, 0.1) is 5.92 Å². The number of carbonyl (C=O) groups excluding carboxylic acids is 2. The van der Waals surface area contributed by atoms with Crippen LogP contribution in [0.2, 0.25) is 0 Å². The molecule has 2 amide bonds. The summed E-state index contributed by atoms with van der Waals surface area (Å²) in [4.78, 5) is 24.8. The van der Waals surface area contributed by atoms with Crippen LogP contribution in [0.4, 0.5) is 0 Å². The number of rotatable bonds is 1. The molecule has 2 fully saturated rings. The second kappa shape index (κ2) is 4.18. The van der Waals surface area contributed by atoms with Gasteiger partial charge in [-0.15, -0.1) is 0 Å². The summed E-state index contributed by atoms with van der Waals surface area (Å²) in [5, 5.41) is 2.70. The summed E-state index contributed by atoms with van der Waals surface area (Å²) >= 11 is 0. The second-order valence-electron chi connectivity index (χ2n) is 4.31. The van der Waals surface area contributed by atoms with E-state index in [0.717, 1.165) is 19.3 Å². The molecule has 0 aromatic carbocycles. The Morgan fingerprint density at radius 2 is 2.27 bits per heavy atom. The molecule has 0 aromatic heterocycles. The summed E-state index contributed by atoms with van der Waals surface area (Å²) in [6, 6.07) is -0.0116. The van der Waals surface area contributed by atoms with Crippen molar-refractivity contribution in [1.82, 2.24) is 10.2 Å². The van der Waals surface area contributed by atoms with Crippen LogP contribution in [0.15, 0.2) is 0 Å². The number of hydrogen-bond acceptors (Lipinski definition) is 3. The first-order valence-corrected chi connectivity index (χ1v) is 5.49. The summed E-state index contributed by atoms with van der Waals surface area (Å²) in [6.07, 6.45) is 2.83. The van der Waals surface area contributed by atoms with Crippen LogP contribution in [-0.4, -0.2) is 42.4 Å². The Bertz CT molecular complexity index is 280. The minimum Gasteiger partial charge on any atom is -0.353 e. The molecule has 1 aliphatic heterocycles. The largest absolute Gasteiger partial charge is 0.353 e. The molecular weight excluding hydrogens is 194 g/mol. The van der Waals surface area contributed by atoms with E-state index in [1.807, 2.05) is 0 Å². The van der Waals surface area contributed by atoms with Crippen molar-refractivity contribution in [2.45, 2.75) is 25.3 Å². The highest BCUT2D eigenvalue weighted by Crippen LogP contribution is 2.25. The lowest BCUT2D eigenvalue weighted by atomic mass is 10.0. The highest BCUT2D eigenvalue weighted by atomic mass is 16.2. The highest BCUT2D eigenvalue weighted by molar-refractivity contribution is 5.87. The van der Waals surface area contributed by atoms with Gasteiger partial charge in [-0.3, -0.25) is 9.59 Å².